The minimum absolute atomic E-state index is 0.310. The smallest absolute Gasteiger partial charge is 0.191 e. The maximum atomic E-state index is 6.13. The van der Waals surface area contributed by atoms with Crippen molar-refractivity contribution < 1.29 is 14.0 Å². The summed E-state index contributed by atoms with van der Waals surface area (Å²) in [6.07, 6.45) is 6.72. The molecule has 1 aliphatic rings. The van der Waals surface area contributed by atoms with Crippen LogP contribution in [-0.2, 0) is 25.9 Å². The molecular weight excluding hydrogens is 380 g/mol. The number of hydrogen-bond acceptors (Lipinski definition) is 5. The zero-order chi connectivity index (χ0) is 21.3. The number of guanidine groups is 1. The SMILES string of the molecule is CCc1noc(CC)c1CNC(=NC)NCc1ccc(OC2CCCC2)c(OC)c1. The third-order valence-electron chi connectivity index (χ3n) is 5.55. The van der Waals surface area contributed by atoms with Gasteiger partial charge in [-0.1, -0.05) is 25.1 Å². The van der Waals surface area contributed by atoms with Crippen molar-refractivity contribution in [2.75, 3.05) is 14.2 Å². The average Bonchev–Trinajstić information content (AvgIpc) is 3.43. The molecule has 0 saturated heterocycles. The largest absolute Gasteiger partial charge is 0.493 e. The Bertz CT molecular complexity index is 819. The molecule has 0 spiro atoms. The van der Waals surface area contributed by atoms with E-state index in [0.29, 0.717) is 19.2 Å². The summed E-state index contributed by atoms with van der Waals surface area (Å²) in [4.78, 5) is 4.33. The number of hydrogen-bond donors (Lipinski definition) is 2. The molecule has 1 aliphatic carbocycles. The molecule has 3 rings (SSSR count). The van der Waals surface area contributed by atoms with Gasteiger partial charge in [-0.3, -0.25) is 4.99 Å². The number of aromatic nitrogens is 1. The van der Waals surface area contributed by atoms with Crippen LogP contribution in [-0.4, -0.2) is 31.4 Å². The molecule has 7 heteroatoms. The summed E-state index contributed by atoms with van der Waals surface area (Å²) in [5.74, 6) is 3.25. The van der Waals surface area contributed by atoms with Gasteiger partial charge in [-0.05, 0) is 49.8 Å². The second kappa shape index (κ2) is 10.9. The van der Waals surface area contributed by atoms with Crippen LogP contribution < -0.4 is 20.1 Å². The number of rotatable bonds is 9. The minimum Gasteiger partial charge on any atom is -0.493 e. The van der Waals surface area contributed by atoms with Crippen LogP contribution in [0.15, 0.2) is 27.7 Å². The molecule has 1 heterocycles. The molecule has 1 saturated carbocycles. The second-order valence-corrected chi connectivity index (χ2v) is 7.53. The summed E-state index contributed by atoms with van der Waals surface area (Å²) in [5.41, 5.74) is 3.22. The molecule has 0 bridgehead atoms. The zero-order valence-corrected chi connectivity index (χ0v) is 18.6. The van der Waals surface area contributed by atoms with Gasteiger partial charge in [-0.15, -0.1) is 0 Å². The highest BCUT2D eigenvalue weighted by Gasteiger charge is 2.18. The Morgan fingerprint density at radius 1 is 1.13 bits per heavy atom. The zero-order valence-electron chi connectivity index (χ0n) is 18.6. The van der Waals surface area contributed by atoms with Crippen LogP contribution in [0.4, 0.5) is 0 Å². The van der Waals surface area contributed by atoms with E-state index < -0.39 is 0 Å². The van der Waals surface area contributed by atoms with Gasteiger partial charge in [0.2, 0.25) is 0 Å². The number of ether oxygens (including phenoxy) is 2. The van der Waals surface area contributed by atoms with Gasteiger partial charge in [0.15, 0.2) is 17.5 Å². The number of aryl methyl sites for hydroxylation is 2. The first kappa shape index (κ1) is 22.0. The van der Waals surface area contributed by atoms with Crippen molar-refractivity contribution in [3.63, 3.8) is 0 Å². The van der Waals surface area contributed by atoms with Gasteiger partial charge in [0.1, 0.15) is 5.76 Å². The first-order valence-corrected chi connectivity index (χ1v) is 10.9. The summed E-state index contributed by atoms with van der Waals surface area (Å²) < 4.78 is 17.1. The lowest BCUT2D eigenvalue weighted by Crippen LogP contribution is -2.36. The van der Waals surface area contributed by atoms with Crippen LogP contribution >= 0.6 is 0 Å². The molecule has 2 aromatic rings. The topological polar surface area (TPSA) is 80.9 Å². The first-order chi connectivity index (χ1) is 14.7. The van der Waals surface area contributed by atoms with E-state index in [1.54, 1.807) is 14.2 Å². The van der Waals surface area contributed by atoms with E-state index in [-0.39, 0.29) is 0 Å². The average molecular weight is 415 g/mol. The van der Waals surface area contributed by atoms with Crippen molar-refractivity contribution in [1.29, 1.82) is 0 Å². The minimum atomic E-state index is 0.310. The quantitative estimate of drug-likeness (QED) is 0.477. The Morgan fingerprint density at radius 2 is 1.90 bits per heavy atom. The van der Waals surface area contributed by atoms with E-state index >= 15 is 0 Å². The van der Waals surface area contributed by atoms with E-state index in [0.717, 1.165) is 65.7 Å². The van der Waals surface area contributed by atoms with Crippen molar-refractivity contribution >= 4 is 5.96 Å². The highest BCUT2D eigenvalue weighted by atomic mass is 16.5. The summed E-state index contributed by atoms with van der Waals surface area (Å²) >= 11 is 0. The van der Waals surface area contributed by atoms with Crippen molar-refractivity contribution in [3.05, 3.63) is 40.8 Å². The predicted molar refractivity (Wildman–Crippen MR) is 118 cm³/mol. The lowest BCUT2D eigenvalue weighted by atomic mass is 10.1. The number of nitrogens with zero attached hydrogens (tertiary/aromatic N) is 2. The van der Waals surface area contributed by atoms with Crippen LogP contribution in [0.5, 0.6) is 11.5 Å². The van der Waals surface area contributed by atoms with Crippen LogP contribution in [0.2, 0.25) is 0 Å². The van der Waals surface area contributed by atoms with Gasteiger partial charge in [-0.25, -0.2) is 0 Å². The van der Waals surface area contributed by atoms with Gasteiger partial charge >= 0.3 is 0 Å². The van der Waals surface area contributed by atoms with E-state index in [4.69, 9.17) is 14.0 Å². The normalized spacial score (nSPS) is 14.7. The number of aliphatic imine (C=N–C) groups is 1. The Kier molecular flexibility index (Phi) is 7.99. The van der Waals surface area contributed by atoms with Crippen LogP contribution in [0, 0.1) is 0 Å². The lowest BCUT2D eigenvalue weighted by molar-refractivity contribution is 0.200. The first-order valence-electron chi connectivity index (χ1n) is 10.9. The monoisotopic (exact) mass is 414 g/mol. The number of benzene rings is 1. The molecular formula is C23H34N4O3. The number of nitrogens with one attached hydrogen (secondary N) is 2. The molecule has 1 aromatic carbocycles. The van der Waals surface area contributed by atoms with Crippen molar-refractivity contribution in [1.82, 2.24) is 15.8 Å². The molecule has 1 fully saturated rings. The van der Waals surface area contributed by atoms with Gasteiger partial charge in [0, 0.05) is 32.1 Å². The molecule has 164 valence electrons. The molecule has 0 amide bonds. The molecule has 7 nitrogen and oxygen atoms in total. The molecule has 0 radical (unpaired) electrons. The molecule has 30 heavy (non-hydrogen) atoms. The Morgan fingerprint density at radius 3 is 2.57 bits per heavy atom. The Labute approximate surface area is 179 Å². The predicted octanol–water partition coefficient (Wildman–Crippen LogP) is 3.99. The van der Waals surface area contributed by atoms with E-state index in [1.165, 1.54) is 12.8 Å². The van der Waals surface area contributed by atoms with Gasteiger partial charge in [-0.2, -0.15) is 0 Å². The lowest BCUT2D eigenvalue weighted by Gasteiger charge is -2.17. The molecule has 1 aromatic heterocycles. The van der Waals surface area contributed by atoms with E-state index in [2.05, 4.69) is 40.7 Å². The van der Waals surface area contributed by atoms with E-state index in [1.807, 2.05) is 12.1 Å². The van der Waals surface area contributed by atoms with Crippen molar-refractivity contribution in [2.45, 2.75) is 71.6 Å². The molecule has 0 atom stereocenters. The summed E-state index contributed by atoms with van der Waals surface area (Å²) in [6, 6.07) is 6.09. The Hall–Kier alpha value is -2.70. The maximum absolute atomic E-state index is 6.13. The highest BCUT2D eigenvalue weighted by molar-refractivity contribution is 5.79. The fraction of sp³-hybridized carbons (Fsp3) is 0.565. The third kappa shape index (κ3) is 5.46. The summed E-state index contributed by atoms with van der Waals surface area (Å²) in [6.45, 7) is 5.42. The summed E-state index contributed by atoms with van der Waals surface area (Å²) in [7, 11) is 3.45. The standard InChI is InChI=1S/C23H34N4O3/c1-5-19-18(20(6-2)30-27-19)15-26-23(24-3)25-14-16-11-12-21(22(13-16)28-4)29-17-9-7-8-10-17/h11-13,17H,5-10,14-15H2,1-4H3,(H2,24,25,26). The van der Waals surface area contributed by atoms with Crippen molar-refractivity contribution in [2.24, 2.45) is 4.99 Å². The van der Waals surface area contributed by atoms with E-state index in [9.17, 15) is 0 Å². The third-order valence-corrected chi connectivity index (χ3v) is 5.55. The fourth-order valence-corrected chi connectivity index (χ4v) is 3.82. The summed E-state index contributed by atoms with van der Waals surface area (Å²) in [5, 5.41) is 10.9. The maximum Gasteiger partial charge on any atom is 0.191 e. The Balaban J connectivity index is 1.57. The number of methoxy groups -OCH3 is 1. The second-order valence-electron chi connectivity index (χ2n) is 7.53. The van der Waals surface area contributed by atoms with Crippen LogP contribution in [0.1, 0.15) is 62.1 Å². The fourth-order valence-electron chi connectivity index (χ4n) is 3.82. The van der Waals surface area contributed by atoms with Gasteiger partial charge < -0.3 is 24.6 Å². The highest BCUT2D eigenvalue weighted by Crippen LogP contribution is 2.32. The molecule has 0 unspecified atom stereocenters. The van der Waals surface area contributed by atoms with Crippen LogP contribution in [0.3, 0.4) is 0 Å². The molecule has 2 N–H and O–H groups in total. The van der Waals surface area contributed by atoms with Crippen molar-refractivity contribution in [3.8, 4) is 11.5 Å². The van der Waals surface area contributed by atoms with Gasteiger partial charge in [0.05, 0.1) is 18.9 Å². The van der Waals surface area contributed by atoms with Crippen LogP contribution in [0.25, 0.3) is 0 Å². The van der Waals surface area contributed by atoms with Gasteiger partial charge in [0.25, 0.3) is 0 Å². The molecule has 0 aliphatic heterocycles.